The maximum absolute atomic E-state index is 14.8. The number of carboxylic acids is 1. The number of alkyl halides is 1. The van der Waals surface area contributed by atoms with E-state index >= 15 is 0 Å². The lowest BCUT2D eigenvalue weighted by molar-refractivity contribution is 0.0685. The van der Waals surface area contributed by atoms with Crippen LogP contribution in [-0.4, -0.2) is 60.0 Å². The fraction of sp³-hybridized carbons (Fsp3) is 0.393. The van der Waals surface area contributed by atoms with Gasteiger partial charge in [-0.05, 0) is 66.3 Å². The summed E-state index contributed by atoms with van der Waals surface area (Å²) >= 11 is 6.20. The van der Waals surface area contributed by atoms with Crippen molar-refractivity contribution in [1.29, 1.82) is 0 Å². The Labute approximate surface area is 231 Å². The quantitative estimate of drug-likeness (QED) is 0.270. The number of unbranched alkanes of at least 4 members (excludes halogenated alkanes) is 1. The summed E-state index contributed by atoms with van der Waals surface area (Å²) in [5, 5.41) is 24.3. The summed E-state index contributed by atoms with van der Waals surface area (Å²) in [6, 6.07) is 13.9. The first-order chi connectivity index (χ1) is 18.8. The van der Waals surface area contributed by atoms with E-state index in [1.807, 2.05) is 42.5 Å². The Balaban J connectivity index is 1.48. The minimum Gasteiger partial charge on any atom is -0.476 e. The number of H-pyrrole nitrogens is 1. The third-order valence-corrected chi connectivity index (χ3v) is 7.43. The lowest BCUT2D eigenvalue weighted by Gasteiger charge is -2.37. The smallest absolute Gasteiger partial charge is 0.355 e. The molecule has 9 nitrogen and oxygen atoms in total. The average molecular weight is 552 g/mol. The van der Waals surface area contributed by atoms with Gasteiger partial charge in [-0.1, -0.05) is 49.2 Å². The highest BCUT2D eigenvalue weighted by atomic mass is 35.5. The van der Waals surface area contributed by atoms with Gasteiger partial charge in [-0.2, -0.15) is 5.21 Å². The van der Waals surface area contributed by atoms with E-state index < -0.39 is 11.6 Å². The Morgan fingerprint density at radius 2 is 2.00 bits per heavy atom. The highest BCUT2D eigenvalue weighted by molar-refractivity contribution is 6.32. The zero-order chi connectivity index (χ0) is 27.6. The minimum absolute atomic E-state index is 0.000310. The average Bonchev–Trinajstić information content (AvgIpc) is 3.55. The second-order valence-electron chi connectivity index (χ2n) is 10.3. The molecule has 0 spiro atoms. The standard InChI is InChI=1S/C28H31ClFN7O2/c1-3-4-6-23-31-25(29)24(27(38)39)37(23)16-18-7-9-19(10-8-18)22-15-20(36-14-5-13-28(2,30)17-36)11-12-21(22)26-32-34-35-33-26/h7-12,15H,3-6,13-14,16-17H2,1-2H3,(H,38,39)(H,32,33,34,35). The molecule has 0 radical (unpaired) electrons. The van der Waals surface area contributed by atoms with Crippen LogP contribution in [0.15, 0.2) is 42.5 Å². The van der Waals surface area contributed by atoms with Gasteiger partial charge < -0.3 is 14.6 Å². The van der Waals surface area contributed by atoms with Crippen molar-refractivity contribution in [3.8, 4) is 22.5 Å². The summed E-state index contributed by atoms with van der Waals surface area (Å²) in [7, 11) is 0. The van der Waals surface area contributed by atoms with Crippen molar-refractivity contribution < 1.29 is 14.3 Å². The molecule has 0 saturated carbocycles. The number of anilines is 1. The lowest BCUT2D eigenvalue weighted by atomic mass is 9.94. The number of aryl methyl sites for hydroxylation is 1. The van der Waals surface area contributed by atoms with Crippen LogP contribution < -0.4 is 4.90 Å². The number of tetrazole rings is 1. The Morgan fingerprint density at radius 3 is 2.67 bits per heavy atom. The molecule has 204 valence electrons. The largest absolute Gasteiger partial charge is 0.476 e. The van der Waals surface area contributed by atoms with Crippen molar-refractivity contribution in [2.24, 2.45) is 0 Å². The van der Waals surface area contributed by atoms with Crippen LogP contribution in [0, 0.1) is 0 Å². The molecule has 1 saturated heterocycles. The van der Waals surface area contributed by atoms with Gasteiger partial charge in [0.1, 0.15) is 11.5 Å². The highest BCUT2D eigenvalue weighted by Crippen LogP contribution is 2.36. The minimum atomic E-state index is -1.23. The number of nitrogens with zero attached hydrogens (tertiary/aromatic N) is 6. The SMILES string of the molecule is CCCCc1nc(Cl)c(C(=O)O)n1Cc1ccc(-c2cc(N3CCCC(C)(F)C3)ccc2-c2nn[nH]n2)cc1. The molecule has 2 aromatic heterocycles. The normalized spacial score (nSPS) is 17.5. The van der Waals surface area contributed by atoms with Gasteiger partial charge in [-0.25, -0.2) is 14.2 Å². The molecule has 2 N–H and O–H groups in total. The van der Waals surface area contributed by atoms with Crippen molar-refractivity contribution in [3.63, 3.8) is 0 Å². The summed E-state index contributed by atoms with van der Waals surface area (Å²) in [6.07, 6.45) is 3.85. The second-order valence-corrected chi connectivity index (χ2v) is 10.6. The van der Waals surface area contributed by atoms with Gasteiger partial charge in [0.25, 0.3) is 0 Å². The van der Waals surface area contributed by atoms with Crippen molar-refractivity contribution in [2.45, 2.75) is 58.2 Å². The fourth-order valence-electron chi connectivity index (χ4n) is 5.19. The van der Waals surface area contributed by atoms with Gasteiger partial charge in [0.2, 0.25) is 5.82 Å². The number of carboxylic acid groups (broad SMARTS) is 1. The number of halogens is 2. The van der Waals surface area contributed by atoms with Gasteiger partial charge in [0.15, 0.2) is 10.8 Å². The van der Waals surface area contributed by atoms with Crippen LogP contribution in [0.2, 0.25) is 5.15 Å². The van der Waals surface area contributed by atoms with Gasteiger partial charge in [0, 0.05) is 30.8 Å². The Bertz CT molecular complexity index is 1450. The molecule has 1 fully saturated rings. The van der Waals surface area contributed by atoms with Crippen LogP contribution >= 0.6 is 11.6 Å². The molecule has 0 amide bonds. The summed E-state index contributed by atoms with van der Waals surface area (Å²) < 4.78 is 16.5. The van der Waals surface area contributed by atoms with E-state index in [0.717, 1.165) is 53.7 Å². The number of benzene rings is 2. The first kappa shape index (κ1) is 26.8. The second kappa shape index (κ2) is 11.1. The summed E-state index contributed by atoms with van der Waals surface area (Å²) in [5.74, 6) is 0.0293. The number of aromatic amines is 1. The van der Waals surface area contributed by atoms with Crippen LogP contribution in [0.1, 0.15) is 61.4 Å². The number of piperidine rings is 1. The molecule has 0 bridgehead atoms. The van der Waals surface area contributed by atoms with Gasteiger partial charge in [-0.3, -0.25) is 0 Å². The molecule has 1 atom stereocenters. The molecular weight excluding hydrogens is 521 g/mol. The van der Waals surface area contributed by atoms with Crippen molar-refractivity contribution in [1.82, 2.24) is 30.2 Å². The monoisotopic (exact) mass is 551 g/mol. The Morgan fingerprint density at radius 1 is 1.21 bits per heavy atom. The molecule has 5 rings (SSSR count). The Kier molecular flexibility index (Phi) is 7.65. The van der Waals surface area contributed by atoms with E-state index in [1.54, 1.807) is 11.5 Å². The van der Waals surface area contributed by atoms with E-state index in [9.17, 15) is 14.3 Å². The molecule has 1 aliphatic heterocycles. The zero-order valence-electron chi connectivity index (χ0n) is 22.0. The topological polar surface area (TPSA) is 113 Å². The molecule has 39 heavy (non-hydrogen) atoms. The molecule has 4 aromatic rings. The summed E-state index contributed by atoms with van der Waals surface area (Å²) in [6.45, 7) is 5.20. The number of aromatic carboxylic acids is 1. The fourth-order valence-corrected chi connectivity index (χ4v) is 5.47. The zero-order valence-corrected chi connectivity index (χ0v) is 22.7. The van der Waals surface area contributed by atoms with Crippen molar-refractivity contribution in [3.05, 3.63) is 64.7 Å². The molecule has 3 heterocycles. The molecular formula is C28H31ClFN7O2. The van der Waals surface area contributed by atoms with Crippen LogP contribution in [0.5, 0.6) is 0 Å². The van der Waals surface area contributed by atoms with Crippen LogP contribution in [-0.2, 0) is 13.0 Å². The predicted octanol–water partition coefficient (Wildman–Crippen LogP) is 5.80. The number of carbonyl (C=O) groups is 1. The predicted molar refractivity (Wildman–Crippen MR) is 148 cm³/mol. The van der Waals surface area contributed by atoms with Crippen LogP contribution in [0.3, 0.4) is 0 Å². The third kappa shape index (κ3) is 5.80. The lowest BCUT2D eigenvalue weighted by Crippen LogP contribution is -2.43. The van der Waals surface area contributed by atoms with E-state index in [4.69, 9.17) is 11.6 Å². The van der Waals surface area contributed by atoms with E-state index in [1.165, 1.54) is 0 Å². The number of imidazole rings is 1. The maximum atomic E-state index is 14.8. The molecule has 1 unspecified atom stereocenters. The number of nitrogens with one attached hydrogen (secondary N) is 1. The molecule has 11 heteroatoms. The number of aromatic nitrogens is 6. The molecule has 1 aliphatic rings. The first-order valence-electron chi connectivity index (χ1n) is 13.1. The number of hydrogen-bond acceptors (Lipinski definition) is 6. The third-order valence-electron chi connectivity index (χ3n) is 7.17. The summed E-state index contributed by atoms with van der Waals surface area (Å²) in [5.41, 5.74) is 3.24. The Hall–Kier alpha value is -3.79. The van der Waals surface area contributed by atoms with Crippen LogP contribution in [0.4, 0.5) is 10.1 Å². The number of rotatable bonds is 9. The van der Waals surface area contributed by atoms with E-state index in [-0.39, 0.29) is 10.8 Å². The summed E-state index contributed by atoms with van der Waals surface area (Å²) in [4.78, 5) is 18.3. The molecule has 2 aromatic carbocycles. The first-order valence-corrected chi connectivity index (χ1v) is 13.5. The van der Waals surface area contributed by atoms with Gasteiger partial charge >= 0.3 is 5.97 Å². The van der Waals surface area contributed by atoms with Gasteiger partial charge in [0.05, 0.1) is 6.54 Å². The van der Waals surface area contributed by atoms with E-state index in [0.29, 0.717) is 37.6 Å². The van der Waals surface area contributed by atoms with E-state index in [2.05, 4.69) is 37.4 Å². The van der Waals surface area contributed by atoms with Crippen molar-refractivity contribution >= 4 is 23.3 Å². The highest BCUT2D eigenvalue weighted by Gasteiger charge is 2.31. The maximum Gasteiger partial charge on any atom is 0.355 e. The van der Waals surface area contributed by atoms with Crippen molar-refractivity contribution in [2.75, 3.05) is 18.0 Å². The number of hydrogen-bond donors (Lipinski definition) is 2. The molecule has 0 aliphatic carbocycles. The van der Waals surface area contributed by atoms with Gasteiger partial charge in [-0.15, -0.1) is 10.2 Å². The van der Waals surface area contributed by atoms with Crippen LogP contribution in [0.25, 0.3) is 22.5 Å².